The number of carbonyl (C=O) groups excluding carboxylic acids is 2. The highest BCUT2D eigenvalue weighted by Gasteiger charge is 2.45. The summed E-state index contributed by atoms with van der Waals surface area (Å²) in [6.45, 7) is 4.27. The van der Waals surface area contributed by atoms with Crippen LogP contribution in [0.4, 0.5) is 0 Å². The van der Waals surface area contributed by atoms with Crippen molar-refractivity contribution in [1.29, 1.82) is 0 Å². The molecule has 7 heteroatoms. The van der Waals surface area contributed by atoms with Gasteiger partial charge in [-0.2, -0.15) is 0 Å². The Morgan fingerprint density at radius 2 is 2.07 bits per heavy atom. The second-order valence-electron chi connectivity index (χ2n) is 7.68. The predicted octanol–water partition coefficient (Wildman–Crippen LogP) is 3.87. The lowest BCUT2D eigenvalue weighted by molar-refractivity contribution is -0.144. The van der Waals surface area contributed by atoms with Gasteiger partial charge in [-0.05, 0) is 35.6 Å². The van der Waals surface area contributed by atoms with Gasteiger partial charge in [0, 0.05) is 40.1 Å². The van der Waals surface area contributed by atoms with Gasteiger partial charge in [-0.1, -0.05) is 18.7 Å². The standard InChI is InChI=1S/C23H21NO5S/c1-12-20(23(26)27-2)21(13-5-6-17-18(10-13)29-11-28-17)22-15(24-12)8-14(9-16(22)25)19-4-3-7-30-19/h3-7,10,14,20-21,24H,1,8-9,11H2,2H3. The molecule has 0 saturated heterocycles. The number of rotatable bonds is 3. The number of esters is 1. The first-order valence-electron chi connectivity index (χ1n) is 9.79. The third-order valence-corrected chi connectivity index (χ3v) is 7.03. The number of methoxy groups -OCH3 is 1. The first-order valence-corrected chi connectivity index (χ1v) is 10.7. The normalized spacial score (nSPS) is 25.0. The molecule has 2 aromatic rings. The van der Waals surface area contributed by atoms with Crippen molar-refractivity contribution in [3.63, 3.8) is 0 Å². The highest BCUT2D eigenvalue weighted by atomic mass is 32.1. The number of carbonyl (C=O) groups is 2. The third kappa shape index (κ3) is 3.01. The molecule has 3 atom stereocenters. The zero-order valence-corrected chi connectivity index (χ0v) is 17.3. The van der Waals surface area contributed by atoms with E-state index in [1.807, 2.05) is 29.6 Å². The molecule has 0 radical (unpaired) electrons. The second kappa shape index (κ2) is 7.32. The van der Waals surface area contributed by atoms with E-state index in [1.165, 1.54) is 12.0 Å². The minimum Gasteiger partial charge on any atom is -0.468 e. The smallest absolute Gasteiger partial charge is 0.315 e. The summed E-state index contributed by atoms with van der Waals surface area (Å²) in [6.07, 6.45) is 1.12. The van der Waals surface area contributed by atoms with Gasteiger partial charge in [-0.15, -0.1) is 11.3 Å². The van der Waals surface area contributed by atoms with Gasteiger partial charge in [-0.25, -0.2) is 0 Å². The van der Waals surface area contributed by atoms with Crippen molar-refractivity contribution in [3.8, 4) is 11.5 Å². The number of fused-ring (bicyclic) bond motifs is 1. The van der Waals surface area contributed by atoms with Gasteiger partial charge < -0.3 is 19.5 Å². The van der Waals surface area contributed by atoms with Crippen LogP contribution < -0.4 is 14.8 Å². The number of hydrogen-bond donors (Lipinski definition) is 1. The fourth-order valence-electron chi connectivity index (χ4n) is 4.65. The van der Waals surface area contributed by atoms with Crippen LogP contribution >= 0.6 is 11.3 Å². The van der Waals surface area contributed by atoms with Gasteiger partial charge >= 0.3 is 5.97 Å². The summed E-state index contributed by atoms with van der Waals surface area (Å²) < 4.78 is 16.0. The largest absolute Gasteiger partial charge is 0.468 e. The first-order chi connectivity index (χ1) is 14.6. The fourth-order valence-corrected chi connectivity index (χ4v) is 5.48. The summed E-state index contributed by atoms with van der Waals surface area (Å²) in [5, 5.41) is 5.30. The Morgan fingerprint density at radius 1 is 1.23 bits per heavy atom. The number of thiophene rings is 1. The van der Waals surface area contributed by atoms with Gasteiger partial charge in [0.2, 0.25) is 6.79 Å². The average molecular weight is 423 g/mol. The lowest BCUT2D eigenvalue weighted by Gasteiger charge is -2.39. The molecule has 0 saturated carbocycles. The monoisotopic (exact) mass is 423 g/mol. The Bertz CT molecular complexity index is 1070. The minimum atomic E-state index is -0.698. The summed E-state index contributed by atoms with van der Waals surface area (Å²) in [7, 11) is 1.35. The van der Waals surface area contributed by atoms with Crippen molar-refractivity contribution in [2.45, 2.75) is 24.7 Å². The van der Waals surface area contributed by atoms with E-state index in [-0.39, 0.29) is 18.5 Å². The van der Waals surface area contributed by atoms with E-state index < -0.39 is 17.8 Å². The third-order valence-electron chi connectivity index (χ3n) is 6.00. The topological polar surface area (TPSA) is 73.9 Å². The molecule has 0 bridgehead atoms. The van der Waals surface area contributed by atoms with Crippen molar-refractivity contribution in [3.05, 3.63) is 69.7 Å². The van der Waals surface area contributed by atoms with Crippen molar-refractivity contribution < 1.29 is 23.8 Å². The molecule has 3 aliphatic rings. The zero-order chi connectivity index (χ0) is 20.8. The van der Waals surface area contributed by atoms with E-state index in [9.17, 15) is 9.59 Å². The van der Waals surface area contributed by atoms with Gasteiger partial charge in [-0.3, -0.25) is 9.59 Å². The Hall–Kier alpha value is -3.06. The van der Waals surface area contributed by atoms with Crippen molar-refractivity contribution >= 4 is 23.1 Å². The summed E-state index contributed by atoms with van der Waals surface area (Å²) in [4.78, 5) is 27.3. The molecule has 1 aromatic heterocycles. The van der Waals surface area contributed by atoms with Crippen molar-refractivity contribution in [2.24, 2.45) is 5.92 Å². The summed E-state index contributed by atoms with van der Waals surface area (Å²) in [6, 6.07) is 9.63. The molecule has 2 aliphatic heterocycles. The molecule has 1 aliphatic carbocycles. The Kier molecular flexibility index (Phi) is 4.62. The van der Waals surface area contributed by atoms with Crippen LogP contribution in [-0.4, -0.2) is 25.7 Å². The van der Waals surface area contributed by atoms with Crippen LogP contribution in [0.25, 0.3) is 0 Å². The van der Waals surface area contributed by atoms with Gasteiger partial charge in [0.05, 0.1) is 7.11 Å². The number of ketones is 1. The van der Waals surface area contributed by atoms with E-state index in [0.29, 0.717) is 35.6 Å². The van der Waals surface area contributed by atoms with Crippen LogP contribution in [0.15, 0.2) is 59.3 Å². The Morgan fingerprint density at radius 3 is 2.83 bits per heavy atom. The van der Waals surface area contributed by atoms with Gasteiger partial charge in [0.25, 0.3) is 0 Å². The van der Waals surface area contributed by atoms with Crippen LogP contribution in [0.2, 0.25) is 0 Å². The molecule has 1 N–H and O–H groups in total. The molecule has 0 amide bonds. The molecule has 0 fully saturated rings. The fraction of sp³-hybridized carbons (Fsp3) is 0.304. The molecule has 3 heterocycles. The number of allylic oxidation sites excluding steroid dienone is 2. The predicted molar refractivity (Wildman–Crippen MR) is 111 cm³/mol. The molecule has 6 nitrogen and oxygen atoms in total. The van der Waals surface area contributed by atoms with Crippen molar-refractivity contribution in [2.75, 3.05) is 13.9 Å². The zero-order valence-electron chi connectivity index (χ0n) is 16.5. The number of ether oxygens (including phenoxy) is 3. The van der Waals surface area contributed by atoms with Crippen LogP contribution in [0.5, 0.6) is 11.5 Å². The van der Waals surface area contributed by atoms with Crippen LogP contribution in [-0.2, 0) is 14.3 Å². The van der Waals surface area contributed by atoms with Crippen molar-refractivity contribution in [1.82, 2.24) is 5.32 Å². The summed E-state index contributed by atoms with van der Waals surface area (Å²) >= 11 is 1.66. The average Bonchev–Trinajstić information content (AvgIpc) is 3.43. The quantitative estimate of drug-likeness (QED) is 0.756. The number of hydrogen-bond acceptors (Lipinski definition) is 7. The Labute approximate surface area is 178 Å². The molecular formula is C23H21NO5S. The molecule has 30 heavy (non-hydrogen) atoms. The maximum absolute atomic E-state index is 13.4. The highest BCUT2D eigenvalue weighted by molar-refractivity contribution is 7.10. The van der Waals surface area contributed by atoms with E-state index >= 15 is 0 Å². The van der Waals surface area contributed by atoms with E-state index in [2.05, 4.69) is 18.0 Å². The van der Waals surface area contributed by atoms with Crippen LogP contribution in [0, 0.1) is 5.92 Å². The van der Waals surface area contributed by atoms with E-state index in [0.717, 1.165) is 11.3 Å². The molecular weight excluding hydrogens is 402 g/mol. The number of nitrogens with one attached hydrogen (secondary N) is 1. The highest BCUT2D eigenvalue weighted by Crippen LogP contribution is 2.49. The van der Waals surface area contributed by atoms with E-state index in [1.54, 1.807) is 11.3 Å². The molecule has 5 rings (SSSR count). The van der Waals surface area contributed by atoms with Gasteiger partial charge in [0.1, 0.15) is 5.92 Å². The second-order valence-corrected chi connectivity index (χ2v) is 8.66. The molecule has 154 valence electrons. The van der Waals surface area contributed by atoms with Gasteiger partial charge in [0.15, 0.2) is 17.3 Å². The molecule has 1 aromatic carbocycles. The summed E-state index contributed by atoms with van der Waals surface area (Å²) in [5.41, 5.74) is 2.84. The lowest BCUT2D eigenvalue weighted by atomic mass is 9.69. The SMILES string of the molecule is C=C1NC2=C(C(=O)CC(c3cccs3)C2)C(c2ccc3c(c2)OCO3)C1C(=O)OC. The lowest BCUT2D eigenvalue weighted by Crippen LogP contribution is -2.41. The summed E-state index contributed by atoms with van der Waals surface area (Å²) in [5.74, 6) is -0.154. The Balaban J connectivity index is 1.62. The van der Waals surface area contributed by atoms with E-state index in [4.69, 9.17) is 14.2 Å². The minimum absolute atomic E-state index is 0.0474. The maximum Gasteiger partial charge on any atom is 0.315 e. The number of Topliss-reactive ketones (excluding diaryl/α,β-unsaturated/α-hetero) is 1. The number of benzene rings is 1. The van der Waals surface area contributed by atoms with Crippen LogP contribution in [0.3, 0.4) is 0 Å². The first kappa shape index (κ1) is 18.9. The van der Waals surface area contributed by atoms with Crippen LogP contribution in [0.1, 0.15) is 35.1 Å². The maximum atomic E-state index is 13.4. The molecule has 0 spiro atoms. The molecule has 3 unspecified atom stereocenters.